The Bertz CT molecular complexity index is 481. The van der Waals surface area contributed by atoms with Gasteiger partial charge in [0.2, 0.25) is 0 Å². The van der Waals surface area contributed by atoms with E-state index in [1.165, 1.54) is 6.33 Å². The van der Waals surface area contributed by atoms with E-state index in [-0.39, 0.29) is 5.84 Å². The largest absolute Gasteiger partial charge is 0.382 e. The van der Waals surface area contributed by atoms with Gasteiger partial charge in [0.15, 0.2) is 0 Å². The van der Waals surface area contributed by atoms with Gasteiger partial charge in [0.05, 0.1) is 11.9 Å². The first-order valence-corrected chi connectivity index (χ1v) is 4.20. The van der Waals surface area contributed by atoms with Crippen LogP contribution in [0.2, 0.25) is 0 Å². The number of nitrogens with one attached hydrogen (secondary N) is 1. The van der Waals surface area contributed by atoms with Crippen LogP contribution >= 0.6 is 0 Å². The Morgan fingerprint density at radius 2 is 2.00 bits per heavy atom. The van der Waals surface area contributed by atoms with E-state index in [0.29, 0.717) is 17.1 Å². The van der Waals surface area contributed by atoms with Crippen LogP contribution in [0.4, 0.5) is 0 Å². The van der Waals surface area contributed by atoms with Crippen molar-refractivity contribution in [2.75, 3.05) is 0 Å². The molecule has 0 saturated heterocycles. The van der Waals surface area contributed by atoms with Crippen LogP contribution in [-0.4, -0.2) is 25.8 Å². The summed E-state index contributed by atoms with van der Waals surface area (Å²) in [7, 11) is 0. The lowest BCUT2D eigenvalue weighted by Crippen LogP contribution is -2.13. The molecular weight excluding hydrogens is 192 g/mol. The maximum Gasteiger partial charge on any atom is 0.141 e. The Labute approximate surface area is 85.8 Å². The molecule has 0 saturated carbocycles. The maximum atomic E-state index is 7.25. The van der Waals surface area contributed by atoms with Gasteiger partial charge in [-0.15, -0.1) is 0 Å². The molecule has 0 aliphatic heterocycles. The molecule has 3 N–H and O–H groups in total. The zero-order valence-corrected chi connectivity index (χ0v) is 7.75. The molecular formula is C9H8N6. The minimum Gasteiger partial charge on any atom is -0.382 e. The van der Waals surface area contributed by atoms with E-state index in [9.17, 15) is 0 Å². The second-order valence-corrected chi connectivity index (χ2v) is 2.79. The molecule has 15 heavy (non-hydrogen) atoms. The van der Waals surface area contributed by atoms with Gasteiger partial charge in [-0.3, -0.25) is 15.4 Å². The molecule has 2 aromatic rings. The average molecular weight is 200 g/mol. The number of amidine groups is 1. The van der Waals surface area contributed by atoms with Gasteiger partial charge >= 0.3 is 0 Å². The summed E-state index contributed by atoms with van der Waals surface area (Å²) >= 11 is 0. The molecule has 0 aromatic carbocycles. The first-order valence-electron chi connectivity index (χ1n) is 4.20. The number of hydrogen-bond acceptors (Lipinski definition) is 5. The van der Waals surface area contributed by atoms with Crippen LogP contribution in [0.1, 0.15) is 5.69 Å². The van der Waals surface area contributed by atoms with Crippen molar-refractivity contribution in [3.63, 3.8) is 0 Å². The summed E-state index contributed by atoms with van der Waals surface area (Å²) in [4.78, 5) is 15.9. The maximum absolute atomic E-state index is 7.25. The van der Waals surface area contributed by atoms with Gasteiger partial charge in [0, 0.05) is 12.4 Å². The highest BCUT2D eigenvalue weighted by Gasteiger charge is 2.04. The number of aromatic nitrogens is 4. The summed E-state index contributed by atoms with van der Waals surface area (Å²) < 4.78 is 0. The quantitative estimate of drug-likeness (QED) is 0.533. The van der Waals surface area contributed by atoms with Gasteiger partial charge in [0.1, 0.15) is 23.6 Å². The fraction of sp³-hybridized carbons (Fsp3) is 0. The zero-order valence-electron chi connectivity index (χ0n) is 7.75. The molecule has 0 aliphatic carbocycles. The van der Waals surface area contributed by atoms with Crippen molar-refractivity contribution >= 4 is 5.84 Å². The minimum atomic E-state index is -0.0949. The summed E-state index contributed by atoms with van der Waals surface area (Å²) in [5.41, 5.74) is 6.93. The van der Waals surface area contributed by atoms with Crippen LogP contribution < -0.4 is 5.73 Å². The summed E-state index contributed by atoms with van der Waals surface area (Å²) in [6.45, 7) is 0. The highest BCUT2D eigenvalue weighted by atomic mass is 14.9. The highest BCUT2D eigenvalue weighted by Crippen LogP contribution is 2.11. The molecule has 0 unspecified atom stereocenters. The van der Waals surface area contributed by atoms with E-state index in [1.54, 1.807) is 24.7 Å². The average Bonchev–Trinajstić information content (AvgIpc) is 2.30. The van der Waals surface area contributed by atoms with Gasteiger partial charge < -0.3 is 5.73 Å². The van der Waals surface area contributed by atoms with Gasteiger partial charge in [-0.1, -0.05) is 0 Å². The standard InChI is InChI=1S/C9H8N6/c10-9(11)7-3-6(14-5-15-7)8-4-12-1-2-13-8/h1-5H,(H3,10,11). The summed E-state index contributed by atoms with van der Waals surface area (Å²) in [5, 5.41) is 7.25. The Balaban J connectivity index is 2.46. The molecule has 2 heterocycles. The minimum absolute atomic E-state index is 0.0949. The normalized spacial score (nSPS) is 9.87. The molecule has 2 rings (SSSR count). The fourth-order valence-corrected chi connectivity index (χ4v) is 1.08. The number of hydrogen-bond donors (Lipinski definition) is 2. The topological polar surface area (TPSA) is 101 Å². The number of nitrogens with zero attached hydrogens (tertiary/aromatic N) is 4. The van der Waals surface area contributed by atoms with Crippen molar-refractivity contribution in [2.24, 2.45) is 5.73 Å². The first-order chi connectivity index (χ1) is 7.27. The second-order valence-electron chi connectivity index (χ2n) is 2.79. The molecule has 6 heteroatoms. The predicted molar refractivity (Wildman–Crippen MR) is 54.1 cm³/mol. The van der Waals surface area contributed by atoms with Crippen molar-refractivity contribution in [2.45, 2.75) is 0 Å². The lowest BCUT2D eigenvalue weighted by molar-refractivity contribution is 1.11. The molecule has 2 aromatic heterocycles. The SMILES string of the molecule is N=C(N)c1cc(-c2cnccn2)ncn1. The van der Waals surface area contributed by atoms with E-state index < -0.39 is 0 Å². The lowest BCUT2D eigenvalue weighted by atomic mass is 10.2. The molecule has 0 atom stereocenters. The van der Waals surface area contributed by atoms with E-state index in [4.69, 9.17) is 11.1 Å². The van der Waals surface area contributed by atoms with Gasteiger partial charge in [-0.25, -0.2) is 9.97 Å². The van der Waals surface area contributed by atoms with Crippen LogP contribution in [0.25, 0.3) is 11.4 Å². The van der Waals surface area contributed by atoms with E-state index in [2.05, 4.69) is 19.9 Å². The molecule has 0 aliphatic rings. The second kappa shape index (κ2) is 3.79. The Morgan fingerprint density at radius 3 is 2.67 bits per heavy atom. The summed E-state index contributed by atoms with van der Waals surface area (Å²) in [5.74, 6) is -0.0949. The van der Waals surface area contributed by atoms with E-state index >= 15 is 0 Å². The molecule has 74 valence electrons. The first kappa shape index (κ1) is 9.20. The highest BCUT2D eigenvalue weighted by molar-refractivity contribution is 5.93. The van der Waals surface area contributed by atoms with E-state index in [0.717, 1.165) is 0 Å². The number of nitrogen functional groups attached to an aromatic ring is 1. The number of nitrogens with two attached hydrogens (primary N) is 1. The van der Waals surface area contributed by atoms with Crippen molar-refractivity contribution in [3.05, 3.63) is 36.7 Å². The molecule has 0 radical (unpaired) electrons. The van der Waals surface area contributed by atoms with Crippen LogP contribution in [0.3, 0.4) is 0 Å². The molecule has 0 bridgehead atoms. The van der Waals surface area contributed by atoms with E-state index in [1.807, 2.05) is 0 Å². The van der Waals surface area contributed by atoms with Crippen LogP contribution in [0.15, 0.2) is 31.0 Å². The monoisotopic (exact) mass is 200 g/mol. The van der Waals surface area contributed by atoms with Gasteiger partial charge in [-0.05, 0) is 6.07 Å². The van der Waals surface area contributed by atoms with Crippen LogP contribution in [0.5, 0.6) is 0 Å². The zero-order chi connectivity index (χ0) is 10.7. The Kier molecular flexibility index (Phi) is 2.32. The lowest BCUT2D eigenvalue weighted by Gasteiger charge is -2.00. The van der Waals surface area contributed by atoms with Crippen molar-refractivity contribution in [1.82, 2.24) is 19.9 Å². The molecule has 0 amide bonds. The smallest absolute Gasteiger partial charge is 0.141 e. The molecule has 0 spiro atoms. The Morgan fingerprint density at radius 1 is 1.13 bits per heavy atom. The third kappa shape index (κ3) is 1.93. The van der Waals surface area contributed by atoms with Gasteiger partial charge in [0.25, 0.3) is 0 Å². The molecule has 0 fully saturated rings. The van der Waals surface area contributed by atoms with Crippen molar-refractivity contribution in [1.29, 1.82) is 5.41 Å². The summed E-state index contributed by atoms with van der Waals surface area (Å²) in [6, 6.07) is 1.60. The fourth-order valence-electron chi connectivity index (χ4n) is 1.08. The third-order valence-electron chi connectivity index (χ3n) is 1.77. The van der Waals surface area contributed by atoms with Crippen molar-refractivity contribution in [3.8, 4) is 11.4 Å². The third-order valence-corrected chi connectivity index (χ3v) is 1.77. The Hall–Kier alpha value is -2.37. The van der Waals surface area contributed by atoms with Gasteiger partial charge in [-0.2, -0.15) is 0 Å². The molecule has 6 nitrogen and oxygen atoms in total. The number of rotatable bonds is 2. The van der Waals surface area contributed by atoms with Crippen LogP contribution in [-0.2, 0) is 0 Å². The van der Waals surface area contributed by atoms with Crippen LogP contribution in [0, 0.1) is 5.41 Å². The summed E-state index contributed by atoms with van der Waals surface area (Å²) in [6.07, 6.45) is 6.09. The van der Waals surface area contributed by atoms with Crippen molar-refractivity contribution < 1.29 is 0 Å². The predicted octanol–water partition coefficient (Wildman–Crippen LogP) is 0.218.